The lowest BCUT2D eigenvalue weighted by atomic mass is 10.2. The summed E-state index contributed by atoms with van der Waals surface area (Å²) in [6.07, 6.45) is 0.897. The number of halogens is 2. The molecule has 1 amide bonds. The van der Waals surface area contributed by atoms with Gasteiger partial charge in [-0.1, -0.05) is 11.6 Å². The second-order valence-electron chi connectivity index (χ2n) is 3.44. The molecule has 0 saturated heterocycles. The van der Waals surface area contributed by atoms with Crippen LogP contribution in [0.1, 0.15) is 24.2 Å². The number of amides is 1. The molecule has 1 N–H and O–H groups in total. The Labute approximate surface area is 108 Å². The number of hydrogen-bond donors (Lipinski definition) is 1. The lowest BCUT2D eigenvalue weighted by Gasteiger charge is -2.12. The van der Waals surface area contributed by atoms with Crippen molar-refractivity contribution in [1.82, 2.24) is 10.3 Å². The Morgan fingerprint density at radius 2 is 2.28 bits per heavy atom. The number of carbonyl (C=O) groups is 2. The highest BCUT2D eigenvalue weighted by Gasteiger charge is 2.20. The average Bonchev–Trinajstić information content (AvgIpc) is 2.32. The highest BCUT2D eigenvalue weighted by atomic mass is 35.5. The molecule has 1 heterocycles. The van der Waals surface area contributed by atoms with E-state index in [1.54, 1.807) is 6.92 Å². The summed E-state index contributed by atoms with van der Waals surface area (Å²) in [5.41, 5.74) is -0.132. The van der Waals surface area contributed by atoms with E-state index in [4.69, 9.17) is 16.3 Å². The van der Waals surface area contributed by atoms with E-state index in [0.717, 1.165) is 12.3 Å². The van der Waals surface area contributed by atoms with Gasteiger partial charge < -0.3 is 10.1 Å². The maximum atomic E-state index is 12.9. The van der Waals surface area contributed by atoms with E-state index in [9.17, 15) is 14.0 Å². The van der Waals surface area contributed by atoms with Crippen molar-refractivity contribution in [3.63, 3.8) is 0 Å². The number of nitrogens with zero attached hydrogens (tertiary/aromatic N) is 1. The Kier molecular flexibility index (Phi) is 5.03. The molecule has 1 aromatic heterocycles. The summed E-state index contributed by atoms with van der Waals surface area (Å²) < 4.78 is 17.6. The standard InChI is InChI=1S/C11H12ClFN2O3/c1-3-18-11(17)6(2)15-10(16)8-4-7(13)5-14-9(8)12/h4-6H,3H2,1-2H3,(H,15,16). The molecule has 0 aliphatic carbocycles. The molecule has 0 bridgehead atoms. The largest absolute Gasteiger partial charge is 0.464 e. The van der Waals surface area contributed by atoms with E-state index in [1.807, 2.05) is 0 Å². The zero-order chi connectivity index (χ0) is 13.7. The van der Waals surface area contributed by atoms with Crippen LogP contribution in [0.15, 0.2) is 12.3 Å². The van der Waals surface area contributed by atoms with Gasteiger partial charge in [0.25, 0.3) is 5.91 Å². The lowest BCUT2D eigenvalue weighted by molar-refractivity contribution is -0.144. The van der Waals surface area contributed by atoms with Gasteiger partial charge in [-0.25, -0.2) is 14.2 Å². The molecule has 1 rings (SSSR count). The van der Waals surface area contributed by atoms with Crippen LogP contribution < -0.4 is 5.32 Å². The Hall–Kier alpha value is -1.69. The smallest absolute Gasteiger partial charge is 0.328 e. The molecule has 1 atom stereocenters. The SMILES string of the molecule is CCOC(=O)C(C)NC(=O)c1cc(F)cnc1Cl. The van der Waals surface area contributed by atoms with Crippen LogP contribution >= 0.6 is 11.6 Å². The van der Waals surface area contributed by atoms with Gasteiger partial charge in [-0.05, 0) is 19.9 Å². The minimum Gasteiger partial charge on any atom is -0.464 e. The highest BCUT2D eigenvalue weighted by molar-refractivity contribution is 6.32. The van der Waals surface area contributed by atoms with Crippen molar-refractivity contribution in [1.29, 1.82) is 0 Å². The first kappa shape index (κ1) is 14.4. The number of esters is 1. The maximum Gasteiger partial charge on any atom is 0.328 e. The van der Waals surface area contributed by atoms with Gasteiger partial charge in [0.15, 0.2) is 0 Å². The summed E-state index contributed by atoms with van der Waals surface area (Å²) in [4.78, 5) is 26.5. The average molecular weight is 275 g/mol. The molecule has 98 valence electrons. The van der Waals surface area contributed by atoms with Crippen LogP contribution in [0.25, 0.3) is 0 Å². The molecular formula is C11H12ClFN2O3. The van der Waals surface area contributed by atoms with Gasteiger partial charge in [-0.15, -0.1) is 0 Å². The third kappa shape index (κ3) is 3.66. The van der Waals surface area contributed by atoms with E-state index in [-0.39, 0.29) is 17.3 Å². The minimum atomic E-state index is -0.850. The first-order valence-electron chi connectivity index (χ1n) is 5.24. The molecule has 0 aliphatic rings. The molecular weight excluding hydrogens is 263 g/mol. The number of carbonyl (C=O) groups excluding carboxylic acids is 2. The third-order valence-electron chi connectivity index (χ3n) is 2.04. The predicted octanol–water partition coefficient (Wildman–Crippen LogP) is 1.56. The van der Waals surface area contributed by atoms with Gasteiger partial charge in [0.2, 0.25) is 0 Å². The van der Waals surface area contributed by atoms with Crippen molar-refractivity contribution in [2.24, 2.45) is 0 Å². The Balaban J connectivity index is 2.76. The Bertz CT molecular complexity index is 468. The first-order chi connectivity index (χ1) is 8.45. The van der Waals surface area contributed by atoms with Crippen molar-refractivity contribution in [3.05, 3.63) is 28.8 Å². The van der Waals surface area contributed by atoms with Crippen LogP contribution in [0.2, 0.25) is 5.15 Å². The number of nitrogens with one attached hydrogen (secondary N) is 1. The summed E-state index contributed by atoms with van der Waals surface area (Å²) in [7, 11) is 0. The second-order valence-corrected chi connectivity index (χ2v) is 3.80. The quantitative estimate of drug-likeness (QED) is 0.668. The second kappa shape index (κ2) is 6.30. The third-order valence-corrected chi connectivity index (χ3v) is 2.34. The molecule has 18 heavy (non-hydrogen) atoms. The Morgan fingerprint density at radius 1 is 1.61 bits per heavy atom. The number of hydrogen-bond acceptors (Lipinski definition) is 4. The summed E-state index contributed by atoms with van der Waals surface area (Å²) in [6, 6.07) is 0.0968. The fourth-order valence-electron chi connectivity index (χ4n) is 1.18. The fourth-order valence-corrected chi connectivity index (χ4v) is 1.37. The van der Waals surface area contributed by atoms with E-state index in [1.165, 1.54) is 6.92 Å². The fraction of sp³-hybridized carbons (Fsp3) is 0.364. The van der Waals surface area contributed by atoms with Gasteiger partial charge in [0.05, 0.1) is 18.4 Å². The van der Waals surface area contributed by atoms with Crippen LogP contribution in [0.5, 0.6) is 0 Å². The summed E-state index contributed by atoms with van der Waals surface area (Å²) in [5, 5.41) is 2.21. The van der Waals surface area contributed by atoms with Crippen LogP contribution in [0, 0.1) is 5.82 Å². The molecule has 5 nitrogen and oxygen atoms in total. The first-order valence-corrected chi connectivity index (χ1v) is 5.62. The van der Waals surface area contributed by atoms with Gasteiger partial charge in [0, 0.05) is 0 Å². The molecule has 0 spiro atoms. The van der Waals surface area contributed by atoms with Gasteiger partial charge in [-0.3, -0.25) is 4.79 Å². The Morgan fingerprint density at radius 3 is 2.89 bits per heavy atom. The van der Waals surface area contributed by atoms with E-state index in [2.05, 4.69) is 10.3 Å². The normalized spacial score (nSPS) is 11.8. The number of aromatic nitrogens is 1. The number of pyridine rings is 1. The van der Waals surface area contributed by atoms with Crippen LogP contribution in [0.4, 0.5) is 4.39 Å². The molecule has 0 fully saturated rings. The van der Waals surface area contributed by atoms with Crippen molar-refractivity contribution in [2.75, 3.05) is 6.61 Å². The van der Waals surface area contributed by atoms with Crippen LogP contribution in [-0.4, -0.2) is 29.5 Å². The summed E-state index contributed by atoms with van der Waals surface area (Å²) >= 11 is 5.66. The zero-order valence-corrected chi connectivity index (χ0v) is 10.6. The molecule has 7 heteroatoms. The summed E-state index contributed by atoms with van der Waals surface area (Å²) in [5.74, 6) is -1.95. The lowest BCUT2D eigenvalue weighted by Crippen LogP contribution is -2.39. The van der Waals surface area contributed by atoms with Crippen LogP contribution in [-0.2, 0) is 9.53 Å². The molecule has 0 aliphatic heterocycles. The molecule has 0 aromatic carbocycles. The van der Waals surface area contributed by atoms with E-state index < -0.39 is 23.7 Å². The molecule has 1 aromatic rings. The van der Waals surface area contributed by atoms with Crippen molar-refractivity contribution >= 4 is 23.5 Å². The van der Waals surface area contributed by atoms with E-state index in [0.29, 0.717) is 0 Å². The van der Waals surface area contributed by atoms with Crippen LogP contribution in [0.3, 0.4) is 0 Å². The van der Waals surface area contributed by atoms with E-state index >= 15 is 0 Å². The highest BCUT2D eigenvalue weighted by Crippen LogP contribution is 2.13. The van der Waals surface area contributed by atoms with Gasteiger partial charge in [0.1, 0.15) is 17.0 Å². The van der Waals surface area contributed by atoms with Crippen molar-refractivity contribution in [3.8, 4) is 0 Å². The molecule has 0 saturated carbocycles. The monoisotopic (exact) mass is 274 g/mol. The zero-order valence-electron chi connectivity index (χ0n) is 9.87. The number of ether oxygens (including phenoxy) is 1. The topological polar surface area (TPSA) is 68.3 Å². The van der Waals surface area contributed by atoms with Gasteiger partial charge >= 0.3 is 5.97 Å². The summed E-state index contributed by atoms with van der Waals surface area (Å²) in [6.45, 7) is 3.32. The maximum absolute atomic E-state index is 12.9. The predicted molar refractivity (Wildman–Crippen MR) is 62.8 cm³/mol. The van der Waals surface area contributed by atoms with Gasteiger partial charge in [-0.2, -0.15) is 0 Å². The molecule has 1 unspecified atom stereocenters. The van der Waals surface area contributed by atoms with Crippen molar-refractivity contribution < 1.29 is 18.7 Å². The van der Waals surface area contributed by atoms with Crippen molar-refractivity contribution in [2.45, 2.75) is 19.9 Å². The number of rotatable bonds is 4. The molecule has 0 radical (unpaired) electrons. The minimum absolute atomic E-state index is 0.132.